The van der Waals surface area contributed by atoms with Gasteiger partial charge in [0, 0.05) is 23.6 Å². The van der Waals surface area contributed by atoms with Crippen LogP contribution in [-0.4, -0.2) is 16.6 Å². The molecule has 0 aliphatic heterocycles. The number of hydrogen-bond acceptors (Lipinski definition) is 4. The fraction of sp³-hybridized carbons (Fsp3) is 0.188. The number of nitro groups is 1. The fourth-order valence-corrected chi connectivity index (χ4v) is 2.50. The van der Waals surface area contributed by atoms with Gasteiger partial charge >= 0.3 is 0 Å². The Balaban J connectivity index is 1.77. The zero-order chi connectivity index (χ0) is 15.9. The van der Waals surface area contributed by atoms with Crippen LogP contribution in [-0.2, 0) is 11.3 Å². The van der Waals surface area contributed by atoms with Crippen molar-refractivity contribution in [3.8, 4) is 0 Å². The van der Waals surface area contributed by atoms with Crippen LogP contribution < -0.4 is 5.32 Å². The fourth-order valence-electron chi connectivity index (χ4n) is 1.77. The number of aryl methyl sites for hydroxylation is 1. The minimum atomic E-state index is -0.442. The molecule has 0 spiro atoms. The smallest absolute Gasteiger partial charge is 0.269 e. The van der Waals surface area contributed by atoms with E-state index < -0.39 is 4.92 Å². The number of nitrogens with zero attached hydrogens (tertiary/aromatic N) is 1. The van der Waals surface area contributed by atoms with Gasteiger partial charge in [0.2, 0.25) is 5.91 Å². The molecule has 2 aromatic rings. The van der Waals surface area contributed by atoms with Crippen LogP contribution in [0, 0.1) is 17.0 Å². The second kappa shape index (κ2) is 7.61. The summed E-state index contributed by atoms with van der Waals surface area (Å²) in [6.45, 7) is 2.52. The lowest BCUT2D eigenvalue weighted by Crippen LogP contribution is -2.24. The standard InChI is InChI=1S/C16H16N2O3S/c1-12-2-4-13(5-3-12)10-17-16(19)11-22-15-8-6-14(7-9-15)18(20)21/h2-9H,10-11H2,1H3,(H,17,19). The number of rotatable bonds is 6. The highest BCUT2D eigenvalue weighted by molar-refractivity contribution is 8.00. The highest BCUT2D eigenvalue weighted by atomic mass is 32.2. The van der Waals surface area contributed by atoms with Crippen LogP contribution in [0.1, 0.15) is 11.1 Å². The number of carbonyl (C=O) groups is 1. The van der Waals surface area contributed by atoms with E-state index in [1.54, 1.807) is 12.1 Å². The lowest BCUT2D eigenvalue weighted by Gasteiger charge is -2.06. The van der Waals surface area contributed by atoms with E-state index in [4.69, 9.17) is 0 Å². The topological polar surface area (TPSA) is 72.2 Å². The number of hydrogen-bond donors (Lipinski definition) is 1. The average molecular weight is 316 g/mol. The number of benzene rings is 2. The van der Waals surface area contributed by atoms with E-state index in [2.05, 4.69) is 5.32 Å². The third kappa shape index (κ3) is 4.89. The van der Waals surface area contributed by atoms with Crippen molar-refractivity contribution in [2.45, 2.75) is 18.4 Å². The molecular weight excluding hydrogens is 300 g/mol. The molecule has 6 heteroatoms. The van der Waals surface area contributed by atoms with Gasteiger partial charge < -0.3 is 5.32 Å². The summed E-state index contributed by atoms with van der Waals surface area (Å²) in [6.07, 6.45) is 0. The predicted molar refractivity (Wildman–Crippen MR) is 86.8 cm³/mol. The minimum Gasteiger partial charge on any atom is -0.351 e. The summed E-state index contributed by atoms with van der Waals surface area (Å²) in [5, 5.41) is 13.4. The molecule has 114 valence electrons. The molecule has 0 aliphatic carbocycles. The van der Waals surface area contributed by atoms with Gasteiger partial charge in [-0.15, -0.1) is 11.8 Å². The van der Waals surface area contributed by atoms with Crippen LogP contribution in [0.5, 0.6) is 0 Å². The van der Waals surface area contributed by atoms with Crippen molar-refractivity contribution in [1.82, 2.24) is 5.32 Å². The molecule has 0 unspecified atom stereocenters. The maximum absolute atomic E-state index is 11.8. The summed E-state index contributed by atoms with van der Waals surface area (Å²) in [5.74, 6) is 0.216. The molecule has 0 saturated heterocycles. The molecule has 0 atom stereocenters. The first kappa shape index (κ1) is 16.0. The summed E-state index contributed by atoms with van der Waals surface area (Å²) in [4.78, 5) is 22.7. The van der Waals surface area contributed by atoms with E-state index in [9.17, 15) is 14.9 Å². The van der Waals surface area contributed by atoms with E-state index >= 15 is 0 Å². The van der Waals surface area contributed by atoms with E-state index in [1.807, 2.05) is 31.2 Å². The zero-order valence-corrected chi connectivity index (χ0v) is 12.9. The molecular formula is C16H16N2O3S. The Kier molecular flexibility index (Phi) is 5.55. The highest BCUT2D eigenvalue weighted by Gasteiger charge is 2.06. The molecule has 22 heavy (non-hydrogen) atoms. The highest BCUT2D eigenvalue weighted by Crippen LogP contribution is 2.21. The van der Waals surface area contributed by atoms with Crippen molar-refractivity contribution >= 4 is 23.4 Å². The minimum absolute atomic E-state index is 0.0492. The SMILES string of the molecule is Cc1ccc(CNC(=O)CSc2ccc([N+](=O)[O-])cc2)cc1. The van der Waals surface area contributed by atoms with Gasteiger partial charge in [-0.1, -0.05) is 29.8 Å². The monoisotopic (exact) mass is 316 g/mol. The molecule has 1 amide bonds. The molecule has 1 N–H and O–H groups in total. The molecule has 0 fully saturated rings. The van der Waals surface area contributed by atoms with Crippen molar-refractivity contribution in [3.63, 3.8) is 0 Å². The first-order chi connectivity index (χ1) is 10.5. The van der Waals surface area contributed by atoms with E-state index in [-0.39, 0.29) is 17.3 Å². The lowest BCUT2D eigenvalue weighted by molar-refractivity contribution is -0.384. The Morgan fingerprint density at radius 3 is 2.36 bits per heavy atom. The van der Waals surface area contributed by atoms with Crippen LogP contribution in [0.3, 0.4) is 0 Å². The second-order valence-electron chi connectivity index (χ2n) is 4.80. The molecule has 5 nitrogen and oxygen atoms in total. The summed E-state index contributed by atoms with van der Waals surface area (Å²) < 4.78 is 0. The number of non-ortho nitro benzene ring substituents is 1. The van der Waals surface area contributed by atoms with Crippen molar-refractivity contribution in [2.24, 2.45) is 0 Å². The van der Waals surface area contributed by atoms with Crippen LogP contribution in [0.15, 0.2) is 53.4 Å². The molecule has 0 saturated carbocycles. The predicted octanol–water partition coefficient (Wildman–Crippen LogP) is 3.31. The number of nitrogens with one attached hydrogen (secondary N) is 1. The van der Waals surface area contributed by atoms with Crippen LogP contribution in [0.25, 0.3) is 0 Å². The molecule has 0 radical (unpaired) electrons. The Bertz CT molecular complexity index is 654. The van der Waals surface area contributed by atoms with Crippen molar-refractivity contribution in [3.05, 3.63) is 69.8 Å². The Hall–Kier alpha value is -2.34. The van der Waals surface area contributed by atoms with Gasteiger partial charge in [0.05, 0.1) is 10.7 Å². The van der Waals surface area contributed by atoms with Crippen molar-refractivity contribution in [2.75, 3.05) is 5.75 Å². The van der Waals surface area contributed by atoms with Gasteiger partial charge in [0.25, 0.3) is 5.69 Å². The maximum atomic E-state index is 11.8. The maximum Gasteiger partial charge on any atom is 0.269 e. The molecule has 0 heterocycles. The van der Waals surface area contributed by atoms with Crippen LogP contribution >= 0.6 is 11.8 Å². The van der Waals surface area contributed by atoms with Gasteiger partial charge in [-0.2, -0.15) is 0 Å². The lowest BCUT2D eigenvalue weighted by atomic mass is 10.1. The zero-order valence-electron chi connectivity index (χ0n) is 12.1. The Morgan fingerprint density at radius 1 is 1.14 bits per heavy atom. The molecule has 0 bridgehead atoms. The van der Waals surface area contributed by atoms with Crippen molar-refractivity contribution in [1.29, 1.82) is 0 Å². The summed E-state index contributed by atoms with van der Waals surface area (Å²) in [5.41, 5.74) is 2.29. The van der Waals surface area contributed by atoms with Gasteiger partial charge in [-0.25, -0.2) is 0 Å². The van der Waals surface area contributed by atoms with Gasteiger partial charge in [-0.3, -0.25) is 14.9 Å². The van der Waals surface area contributed by atoms with Crippen LogP contribution in [0.4, 0.5) is 5.69 Å². The summed E-state index contributed by atoms with van der Waals surface area (Å²) >= 11 is 1.35. The van der Waals surface area contributed by atoms with Gasteiger partial charge in [0.1, 0.15) is 0 Å². The van der Waals surface area contributed by atoms with E-state index in [0.29, 0.717) is 6.54 Å². The Morgan fingerprint density at radius 2 is 1.77 bits per heavy atom. The number of amides is 1. The number of thioether (sulfide) groups is 1. The largest absolute Gasteiger partial charge is 0.351 e. The van der Waals surface area contributed by atoms with E-state index in [0.717, 1.165) is 10.5 Å². The summed E-state index contributed by atoms with van der Waals surface area (Å²) in [7, 11) is 0. The average Bonchev–Trinajstić information content (AvgIpc) is 2.52. The summed E-state index contributed by atoms with van der Waals surface area (Å²) in [6, 6.07) is 14.2. The normalized spacial score (nSPS) is 10.2. The van der Waals surface area contributed by atoms with Gasteiger partial charge in [-0.05, 0) is 24.6 Å². The molecule has 2 aromatic carbocycles. The molecule has 0 aromatic heterocycles. The van der Waals surface area contributed by atoms with E-state index in [1.165, 1.54) is 29.5 Å². The number of carbonyl (C=O) groups excluding carboxylic acids is 1. The second-order valence-corrected chi connectivity index (χ2v) is 5.85. The molecule has 0 aliphatic rings. The first-order valence-electron chi connectivity index (χ1n) is 6.74. The van der Waals surface area contributed by atoms with Crippen molar-refractivity contribution < 1.29 is 9.72 Å². The first-order valence-corrected chi connectivity index (χ1v) is 7.72. The Labute approximate surface area is 132 Å². The third-order valence-corrected chi connectivity index (χ3v) is 4.04. The quantitative estimate of drug-likeness (QED) is 0.504. The third-order valence-electron chi connectivity index (χ3n) is 3.03. The molecule has 2 rings (SSSR count). The van der Waals surface area contributed by atoms with Gasteiger partial charge in [0.15, 0.2) is 0 Å². The number of nitro benzene ring substituents is 1. The van der Waals surface area contributed by atoms with Crippen LogP contribution in [0.2, 0.25) is 0 Å².